The highest BCUT2D eigenvalue weighted by molar-refractivity contribution is 7.99. The number of hydrogen-bond donors (Lipinski definition) is 1. The molecule has 0 aliphatic carbocycles. The number of aromatic amines is 1. The normalized spacial score (nSPS) is 13.3. The van der Waals surface area contributed by atoms with E-state index in [4.69, 9.17) is 11.6 Å². The number of benzene rings is 1. The average molecular weight is 227 g/mol. The second kappa shape index (κ2) is 4.24. The number of imidazole rings is 1. The van der Waals surface area contributed by atoms with Crippen LogP contribution in [0.1, 0.15) is 6.92 Å². The van der Waals surface area contributed by atoms with Gasteiger partial charge in [0.05, 0.1) is 11.0 Å². The van der Waals surface area contributed by atoms with Gasteiger partial charge < -0.3 is 4.98 Å². The first kappa shape index (κ1) is 9.87. The van der Waals surface area contributed by atoms with Crippen LogP contribution in [-0.4, -0.2) is 21.1 Å². The molecule has 2 rings (SSSR count). The molecule has 1 N–H and O–H groups in total. The molecule has 0 fully saturated rings. The summed E-state index contributed by atoms with van der Waals surface area (Å²) < 4.78 is 0. The fourth-order valence-electron chi connectivity index (χ4n) is 1.19. The van der Waals surface area contributed by atoms with Gasteiger partial charge in [-0.25, -0.2) is 4.98 Å². The van der Waals surface area contributed by atoms with E-state index in [1.54, 1.807) is 11.8 Å². The molecule has 0 saturated heterocycles. The molecule has 0 aliphatic rings. The summed E-state index contributed by atoms with van der Waals surface area (Å²) in [6.07, 6.45) is 0. The number of hydrogen-bond acceptors (Lipinski definition) is 2. The number of fused-ring (bicyclic) bond motifs is 1. The fourth-order valence-corrected chi connectivity index (χ4v) is 2.11. The molecule has 4 heteroatoms. The van der Waals surface area contributed by atoms with Crippen molar-refractivity contribution in [1.82, 2.24) is 9.97 Å². The van der Waals surface area contributed by atoms with E-state index in [0.717, 1.165) is 21.9 Å². The Labute approximate surface area is 92.1 Å². The fraction of sp³-hybridized carbons (Fsp3) is 0.300. The minimum Gasteiger partial charge on any atom is -0.333 e. The molecule has 74 valence electrons. The van der Waals surface area contributed by atoms with Gasteiger partial charge in [-0.2, -0.15) is 0 Å². The number of H-pyrrole nitrogens is 1. The lowest BCUT2D eigenvalue weighted by atomic mass is 10.3. The Kier molecular flexibility index (Phi) is 2.99. The van der Waals surface area contributed by atoms with Crippen molar-refractivity contribution >= 4 is 34.4 Å². The predicted octanol–water partition coefficient (Wildman–Crippen LogP) is 3.28. The number of halogens is 1. The van der Waals surface area contributed by atoms with E-state index in [-0.39, 0.29) is 5.38 Å². The van der Waals surface area contributed by atoms with Crippen LogP contribution in [0.2, 0.25) is 0 Å². The Morgan fingerprint density at radius 2 is 2.29 bits per heavy atom. The van der Waals surface area contributed by atoms with Crippen molar-refractivity contribution in [2.45, 2.75) is 17.5 Å². The van der Waals surface area contributed by atoms with Gasteiger partial charge in [0.2, 0.25) is 0 Å². The summed E-state index contributed by atoms with van der Waals surface area (Å²) in [5.74, 6) is 0.876. The van der Waals surface area contributed by atoms with Crippen molar-refractivity contribution in [3.63, 3.8) is 0 Å². The first-order chi connectivity index (χ1) is 6.75. The van der Waals surface area contributed by atoms with Gasteiger partial charge in [-0.15, -0.1) is 11.6 Å². The van der Waals surface area contributed by atoms with Crippen molar-refractivity contribution in [2.75, 3.05) is 5.75 Å². The Balaban J connectivity index is 2.19. The van der Waals surface area contributed by atoms with Crippen molar-refractivity contribution in [1.29, 1.82) is 0 Å². The summed E-state index contributed by atoms with van der Waals surface area (Å²) in [5, 5.41) is 1.12. The molecule has 0 spiro atoms. The van der Waals surface area contributed by atoms with Gasteiger partial charge in [-0.05, 0) is 19.1 Å². The Morgan fingerprint density at radius 1 is 1.50 bits per heavy atom. The van der Waals surface area contributed by atoms with E-state index >= 15 is 0 Å². The van der Waals surface area contributed by atoms with Crippen molar-refractivity contribution < 1.29 is 0 Å². The third-order valence-electron chi connectivity index (χ3n) is 1.82. The number of aromatic nitrogens is 2. The van der Waals surface area contributed by atoms with Gasteiger partial charge in [0.25, 0.3) is 0 Å². The SMILES string of the molecule is CC(Cl)CSc1nc2ccccc2[nH]1. The Bertz CT molecular complexity index is 392. The molecular formula is C10H11ClN2S. The summed E-state index contributed by atoms with van der Waals surface area (Å²) >= 11 is 7.52. The molecule has 2 aromatic rings. The molecule has 0 radical (unpaired) electrons. The van der Waals surface area contributed by atoms with Gasteiger partial charge in [0.1, 0.15) is 0 Å². The van der Waals surface area contributed by atoms with Crippen LogP contribution in [0.4, 0.5) is 0 Å². The average Bonchev–Trinajstić information content (AvgIpc) is 2.57. The van der Waals surface area contributed by atoms with Gasteiger partial charge in [0.15, 0.2) is 5.16 Å². The summed E-state index contributed by atoms with van der Waals surface area (Å²) in [5.41, 5.74) is 2.09. The topological polar surface area (TPSA) is 28.7 Å². The Hall–Kier alpha value is -0.670. The molecular weight excluding hydrogens is 216 g/mol. The molecule has 1 atom stereocenters. The molecule has 14 heavy (non-hydrogen) atoms. The quantitative estimate of drug-likeness (QED) is 0.643. The zero-order chi connectivity index (χ0) is 9.97. The number of alkyl halides is 1. The minimum atomic E-state index is 0.174. The number of thioether (sulfide) groups is 1. The lowest BCUT2D eigenvalue weighted by Crippen LogP contribution is -1.94. The van der Waals surface area contributed by atoms with Gasteiger partial charge in [-0.1, -0.05) is 23.9 Å². The second-order valence-electron chi connectivity index (χ2n) is 3.15. The monoisotopic (exact) mass is 226 g/mol. The lowest BCUT2D eigenvalue weighted by Gasteiger charge is -1.97. The van der Waals surface area contributed by atoms with E-state index in [0.29, 0.717) is 0 Å². The molecule has 0 bridgehead atoms. The highest BCUT2D eigenvalue weighted by atomic mass is 35.5. The molecule has 1 aromatic carbocycles. The van der Waals surface area contributed by atoms with E-state index in [2.05, 4.69) is 9.97 Å². The van der Waals surface area contributed by atoms with Crippen LogP contribution in [0.5, 0.6) is 0 Å². The largest absolute Gasteiger partial charge is 0.333 e. The number of para-hydroxylation sites is 2. The Morgan fingerprint density at radius 3 is 3.00 bits per heavy atom. The van der Waals surface area contributed by atoms with Crippen LogP contribution >= 0.6 is 23.4 Å². The van der Waals surface area contributed by atoms with E-state index in [1.807, 2.05) is 31.2 Å². The van der Waals surface area contributed by atoms with Crippen molar-refractivity contribution in [3.05, 3.63) is 24.3 Å². The van der Waals surface area contributed by atoms with Crippen molar-refractivity contribution in [2.24, 2.45) is 0 Å². The summed E-state index contributed by atoms with van der Waals surface area (Å²) in [6, 6.07) is 8.01. The van der Waals surface area contributed by atoms with Crippen molar-refractivity contribution in [3.8, 4) is 0 Å². The molecule has 1 aromatic heterocycles. The molecule has 0 amide bonds. The third-order valence-corrected chi connectivity index (χ3v) is 3.29. The van der Waals surface area contributed by atoms with E-state index in [1.165, 1.54) is 0 Å². The van der Waals surface area contributed by atoms with Gasteiger partial charge >= 0.3 is 0 Å². The maximum atomic E-state index is 5.86. The van der Waals surface area contributed by atoms with Crippen LogP contribution in [0.3, 0.4) is 0 Å². The molecule has 0 aliphatic heterocycles. The van der Waals surface area contributed by atoms with Gasteiger partial charge in [-0.3, -0.25) is 0 Å². The van der Waals surface area contributed by atoms with Crippen LogP contribution < -0.4 is 0 Å². The molecule has 1 unspecified atom stereocenters. The third kappa shape index (κ3) is 2.22. The number of rotatable bonds is 3. The van der Waals surface area contributed by atoms with Crippen LogP contribution in [0.15, 0.2) is 29.4 Å². The lowest BCUT2D eigenvalue weighted by molar-refractivity contribution is 1.06. The minimum absolute atomic E-state index is 0.174. The number of nitrogens with one attached hydrogen (secondary N) is 1. The zero-order valence-electron chi connectivity index (χ0n) is 7.83. The van der Waals surface area contributed by atoms with Crippen LogP contribution in [0, 0.1) is 0 Å². The smallest absolute Gasteiger partial charge is 0.166 e. The summed E-state index contributed by atoms with van der Waals surface area (Å²) in [6.45, 7) is 1.98. The zero-order valence-corrected chi connectivity index (χ0v) is 9.40. The summed E-state index contributed by atoms with van der Waals surface area (Å²) in [4.78, 5) is 7.68. The highest BCUT2D eigenvalue weighted by Gasteiger charge is 2.03. The van der Waals surface area contributed by atoms with Crippen LogP contribution in [-0.2, 0) is 0 Å². The first-order valence-corrected chi connectivity index (χ1v) is 5.89. The molecule has 2 nitrogen and oxygen atoms in total. The van der Waals surface area contributed by atoms with Gasteiger partial charge in [0, 0.05) is 11.1 Å². The summed E-state index contributed by atoms with van der Waals surface area (Å²) in [7, 11) is 0. The van der Waals surface area contributed by atoms with E-state index in [9.17, 15) is 0 Å². The molecule has 0 saturated carbocycles. The van der Waals surface area contributed by atoms with Crippen LogP contribution in [0.25, 0.3) is 11.0 Å². The maximum absolute atomic E-state index is 5.86. The number of nitrogens with zero attached hydrogens (tertiary/aromatic N) is 1. The first-order valence-electron chi connectivity index (χ1n) is 4.47. The predicted molar refractivity (Wildman–Crippen MR) is 62.1 cm³/mol. The maximum Gasteiger partial charge on any atom is 0.166 e. The van der Waals surface area contributed by atoms with E-state index < -0.39 is 0 Å². The highest BCUT2D eigenvalue weighted by Crippen LogP contribution is 2.20. The standard InChI is InChI=1S/C10H11ClN2S/c1-7(11)6-14-10-12-8-4-2-3-5-9(8)13-10/h2-5,7H,6H2,1H3,(H,12,13). The molecule has 1 heterocycles. The second-order valence-corrected chi connectivity index (χ2v) is 4.90.